The number of rotatable bonds is 7. The molecule has 0 aliphatic rings. The number of pyridine rings is 1. The fourth-order valence-electron chi connectivity index (χ4n) is 2.29. The minimum Gasteiger partial charge on any atom is -0.469 e. The zero-order valence-corrected chi connectivity index (χ0v) is 16.8. The van der Waals surface area contributed by atoms with E-state index >= 15 is 0 Å². The lowest BCUT2D eigenvalue weighted by molar-refractivity contribution is 0.190. The lowest BCUT2D eigenvalue weighted by Crippen LogP contribution is -2.14. The highest BCUT2D eigenvalue weighted by Gasteiger charge is 2.17. The lowest BCUT2D eigenvalue weighted by Gasteiger charge is -2.19. The number of benzene rings is 1. The predicted octanol–water partition coefficient (Wildman–Crippen LogP) is 5.57. The van der Waals surface area contributed by atoms with Crippen molar-refractivity contribution >= 4 is 28.0 Å². The largest absolute Gasteiger partial charge is 0.469 e. The molecule has 0 aliphatic carbocycles. The third-order valence-corrected chi connectivity index (χ3v) is 4.45. The number of aryl methyl sites for hydroxylation is 1. The molecule has 0 fully saturated rings. The summed E-state index contributed by atoms with van der Waals surface area (Å²) in [6.45, 7) is 6.60. The van der Waals surface area contributed by atoms with Crippen molar-refractivity contribution in [3.8, 4) is 5.88 Å². The normalized spacial score (nSPS) is 12.4. The molecule has 26 heavy (non-hydrogen) atoms. The second kappa shape index (κ2) is 9.07. The smallest absolute Gasteiger partial charge is 0.228 e. The van der Waals surface area contributed by atoms with Crippen LogP contribution in [-0.2, 0) is 0 Å². The molecule has 0 saturated carbocycles. The van der Waals surface area contributed by atoms with E-state index in [2.05, 4.69) is 25.9 Å². The predicted molar refractivity (Wildman–Crippen MR) is 103 cm³/mol. The van der Waals surface area contributed by atoms with Crippen LogP contribution in [0.5, 0.6) is 5.88 Å². The summed E-state index contributed by atoms with van der Waals surface area (Å²) in [5, 5.41) is 0. The van der Waals surface area contributed by atoms with Gasteiger partial charge in [-0.25, -0.2) is 18.8 Å². The van der Waals surface area contributed by atoms with Crippen LogP contribution >= 0.6 is 15.9 Å². The first kappa shape index (κ1) is 20.3. The van der Waals surface area contributed by atoms with Crippen molar-refractivity contribution in [3.63, 3.8) is 0 Å². The zero-order valence-electron chi connectivity index (χ0n) is 15.3. The Hall–Kier alpha value is -2.02. The molecule has 0 N–H and O–H groups in total. The fourth-order valence-corrected chi connectivity index (χ4v) is 2.69. The van der Waals surface area contributed by atoms with Gasteiger partial charge < -0.3 is 9.64 Å². The van der Waals surface area contributed by atoms with Crippen LogP contribution in [0, 0.1) is 18.6 Å². The number of hydrogen-bond donors (Lipinski definition) is 0. The minimum atomic E-state index is -0.630. The van der Waals surface area contributed by atoms with Crippen LogP contribution in [0.3, 0.4) is 0 Å². The van der Waals surface area contributed by atoms with Crippen LogP contribution in [0.1, 0.15) is 37.6 Å². The highest BCUT2D eigenvalue weighted by molar-refractivity contribution is 9.10. The number of aromatic nitrogens is 1. The Morgan fingerprint density at radius 3 is 2.46 bits per heavy atom. The van der Waals surface area contributed by atoms with Crippen LogP contribution in [0.2, 0.25) is 0 Å². The van der Waals surface area contributed by atoms with E-state index in [1.165, 1.54) is 12.1 Å². The van der Waals surface area contributed by atoms with Gasteiger partial charge in [0.15, 0.2) is 0 Å². The topological polar surface area (TPSA) is 37.7 Å². The van der Waals surface area contributed by atoms with Crippen molar-refractivity contribution in [2.24, 2.45) is 4.99 Å². The molecule has 1 aromatic heterocycles. The van der Waals surface area contributed by atoms with Crippen LogP contribution in [0.4, 0.5) is 14.5 Å². The van der Waals surface area contributed by atoms with Gasteiger partial charge in [0, 0.05) is 19.7 Å². The van der Waals surface area contributed by atoms with E-state index in [0.29, 0.717) is 28.0 Å². The second-order valence-electron chi connectivity index (χ2n) is 5.92. The molecule has 7 heteroatoms. The maximum atomic E-state index is 13.5. The van der Waals surface area contributed by atoms with Gasteiger partial charge in [-0.05, 0) is 60.0 Å². The van der Waals surface area contributed by atoms with Gasteiger partial charge in [-0.15, -0.1) is 0 Å². The molecule has 0 spiro atoms. The summed E-state index contributed by atoms with van der Waals surface area (Å²) in [4.78, 5) is 10.8. The average molecular weight is 426 g/mol. The first-order chi connectivity index (χ1) is 12.3. The summed E-state index contributed by atoms with van der Waals surface area (Å²) >= 11 is 3.44. The Morgan fingerprint density at radius 2 is 1.88 bits per heavy atom. The molecular formula is C19H22BrF2N3O. The Bertz CT molecular complexity index is 778. The standard InChI is InChI=1S/C19H22BrF2N3O/c1-5-18(13-7-14(21)9-15(22)8-13)26-19-16(20)10-17(12(3)24-19)23-11-25(4)6-2/h7-11,18H,5-6H2,1-4H3/b23-11+. The van der Waals surface area contributed by atoms with E-state index in [-0.39, 0.29) is 0 Å². The summed E-state index contributed by atoms with van der Waals surface area (Å²) < 4.78 is 33.5. The summed E-state index contributed by atoms with van der Waals surface area (Å²) in [5.74, 6) is -0.896. The fraction of sp³-hybridized carbons (Fsp3) is 0.368. The lowest BCUT2D eigenvalue weighted by atomic mass is 10.1. The van der Waals surface area contributed by atoms with Gasteiger partial charge in [0.05, 0.1) is 22.2 Å². The summed E-state index contributed by atoms with van der Waals surface area (Å²) in [7, 11) is 1.93. The zero-order chi connectivity index (χ0) is 19.3. The molecule has 0 aliphatic heterocycles. The Morgan fingerprint density at radius 1 is 1.23 bits per heavy atom. The van der Waals surface area contributed by atoms with E-state index in [1.807, 2.05) is 38.8 Å². The maximum Gasteiger partial charge on any atom is 0.228 e. The van der Waals surface area contributed by atoms with Crippen molar-refractivity contribution in [2.75, 3.05) is 13.6 Å². The van der Waals surface area contributed by atoms with Crippen LogP contribution < -0.4 is 4.74 Å². The first-order valence-electron chi connectivity index (χ1n) is 8.38. The molecule has 2 rings (SSSR count). The van der Waals surface area contributed by atoms with Crippen molar-refractivity contribution in [1.82, 2.24) is 9.88 Å². The number of aliphatic imine (C=N–C) groups is 1. The average Bonchev–Trinajstić information content (AvgIpc) is 2.59. The first-order valence-corrected chi connectivity index (χ1v) is 9.17. The number of nitrogens with zero attached hydrogens (tertiary/aromatic N) is 3. The van der Waals surface area contributed by atoms with E-state index in [1.54, 1.807) is 6.34 Å². The highest BCUT2D eigenvalue weighted by atomic mass is 79.9. The van der Waals surface area contributed by atoms with Crippen molar-refractivity contribution in [2.45, 2.75) is 33.3 Å². The van der Waals surface area contributed by atoms with Crippen LogP contribution in [-0.4, -0.2) is 29.8 Å². The molecule has 4 nitrogen and oxygen atoms in total. The molecule has 140 valence electrons. The van der Waals surface area contributed by atoms with Gasteiger partial charge in [-0.1, -0.05) is 6.92 Å². The van der Waals surface area contributed by atoms with Crippen LogP contribution in [0.15, 0.2) is 33.7 Å². The quantitative estimate of drug-likeness (QED) is 0.429. The van der Waals surface area contributed by atoms with E-state index in [0.717, 1.165) is 18.3 Å². The molecule has 0 bridgehead atoms. The molecule has 0 saturated heterocycles. The monoisotopic (exact) mass is 425 g/mol. The Kier molecular flexibility index (Phi) is 7.08. The highest BCUT2D eigenvalue weighted by Crippen LogP contribution is 2.33. The molecule has 1 aromatic carbocycles. The van der Waals surface area contributed by atoms with Gasteiger partial charge in [0.1, 0.15) is 17.7 Å². The minimum absolute atomic E-state index is 0.363. The van der Waals surface area contributed by atoms with Gasteiger partial charge in [0.2, 0.25) is 5.88 Å². The van der Waals surface area contributed by atoms with Gasteiger partial charge in [-0.2, -0.15) is 0 Å². The van der Waals surface area contributed by atoms with Gasteiger partial charge in [0.25, 0.3) is 0 Å². The van der Waals surface area contributed by atoms with Crippen molar-refractivity contribution in [3.05, 3.63) is 51.6 Å². The van der Waals surface area contributed by atoms with Gasteiger partial charge in [-0.3, -0.25) is 0 Å². The summed E-state index contributed by atoms with van der Waals surface area (Å²) in [6, 6.07) is 5.21. The van der Waals surface area contributed by atoms with Crippen molar-refractivity contribution in [1.29, 1.82) is 0 Å². The number of ether oxygens (including phenoxy) is 1. The molecule has 0 radical (unpaired) electrons. The van der Waals surface area contributed by atoms with Crippen molar-refractivity contribution < 1.29 is 13.5 Å². The van der Waals surface area contributed by atoms with E-state index in [4.69, 9.17) is 4.74 Å². The van der Waals surface area contributed by atoms with E-state index < -0.39 is 17.7 Å². The van der Waals surface area contributed by atoms with E-state index in [9.17, 15) is 8.78 Å². The number of hydrogen-bond acceptors (Lipinski definition) is 3. The molecule has 1 unspecified atom stereocenters. The maximum absolute atomic E-state index is 13.5. The van der Waals surface area contributed by atoms with Gasteiger partial charge >= 0.3 is 0 Å². The molecular weight excluding hydrogens is 404 g/mol. The number of halogens is 3. The Balaban J connectivity index is 2.27. The van der Waals surface area contributed by atoms with Crippen LogP contribution in [0.25, 0.3) is 0 Å². The second-order valence-corrected chi connectivity index (χ2v) is 6.77. The Labute approximate surface area is 161 Å². The summed E-state index contributed by atoms with van der Waals surface area (Å²) in [6.07, 6.45) is 1.77. The molecule has 2 aromatic rings. The third-order valence-electron chi connectivity index (χ3n) is 3.88. The SMILES string of the molecule is CCC(Oc1nc(C)c(/N=C/N(C)CC)cc1Br)c1cc(F)cc(F)c1. The summed E-state index contributed by atoms with van der Waals surface area (Å²) in [5.41, 5.74) is 1.85. The molecule has 1 heterocycles. The molecule has 0 amide bonds. The third kappa shape index (κ3) is 5.24. The molecule has 1 atom stereocenters.